The molecule has 2 rings (SSSR count). The van der Waals surface area contributed by atoms with Gasteiger partial charge in [-0.05, 0) is 18.7 Å². The van der Waals surface area contributed by atoms with Crippen molar-refractivity contribution in [1.29, 1.82) is 0 Å². The van der Waals surface area contributed by atoms with Crippen molar-refractivity contribution in [3.8, 4) is 0 Å². The van der Waals surface area contributed by atoms with E-state index in [9.17, 15) is 0 Å². The fraction of sp³-hybridized carbons (Fsp3) is 0.333. The summed E-state index contributed by atoms with van der Waals surface area (Å²) in [6.45, 7) is 3.88. The highest BCUT2D eigenvalue weighted by molar-refractivity contribution is 5.14. The second-order valence-corrected chi connectivity index (χ2v) is 4.53. The molecule has 3 heteroatoms. The van der Waals surface area contributed by atoms with Crippen LogP contribution in [0.4, 0.5) is 0 Å². The summed E-state index contributed by atoms with van der Waals surface area (Å²) in [5.41, 5.74) is 2.55. The van der Waals surface area contributed by atoms with Crippen LogP contribution in [0.5, 0.6) is 0 Å². The molecule has 1 N–H and O–H groups in total. The number of hydrogen-bond acceptors (Lipinski definition) is 3. The van der Waals surface area contributed by atoms with E-state index < -0.39 is 0 Å². The number of nitrogens with one attached hydrogen (secondary N) is 1. The lowest BCUT2D eigenvalue weighted by Gasteiger charge is -2.15. The van der Waals surface area contributed by atoms with Crippen molar-refractivity contribution in [2.75, 3.05) is 20.1 Å². The third-order valence-corrected chi connectivity index (χ3v) is 2.87. The van der Waals surface area contributed by atoms with Gasteiger partial charge in [-0.25, -0.2) is 0 Å². The minimum Gasteiger partial charge on any atom is -0.472 e. The summed E-state index contributed by atoms with van der Waals surface area (Å²) in [6, 6.07) is 12.5. The third kappa shape index (κ3) is 4.35. The van der Waals surface area contributed by atoms with Crippen LogP contribution in [0.3, 0.4) is 0 Å². The zero-order valence-electron chi connectivity index (χ0n) is 10.8. The van der Waals surface area contributed by atoms with E-state index in [1.165, 1.54) is 11.1 Å². The van der Waals surface area contributed by atoms with Gasteiger partial charge in [-0.3, -0.25) is 0 Å². The molecule has 1 heterocycles. The van der Waals surface area contributed by atoms with E-state index in [0.29, 0.717) is 0 Å². The predicted molar refractivity (Wildman–Crippen MR) is 73.2 cm³/mol. The topological polar surface area (TPSA) is 28.4 Å². The fourth-order valence-corrected chi connectivity index (χ4v) is 1.87. The first-order valence-corrected chi connectivity index (χ1v) is 6.29. The number of hydrogen-bond donors (Lipinski definition) is 1. The molecule has 0 saturated heterocycles. The summed E-state index contributed by atoms with van der Waals surface area (Å²) in [5.74, 6) is 0. The van der Waals surface area contributed by atoms with Crippen molar-refractivity contribution < 1.29 is 4.42 Å². The van der Waals surface area contributed by atoms with E-state index in [1.54, 1.807) is 12.5 Å². The first kappa shape index (κ1) is 12.9. The van der Waals surface area contributed by atoms with Gasteiger partial charge in [0, 0.05) is 31.7 Å². The molecule has 96 valence electrons. The van der Waals surface area contributed by atoms with Gasteiger partial charge in [0.1, 0.15) is 0 Å². The predicted octanol–water partition coefficient (Wildman–Crippen LogP) is 2.50. The molecule has 0 radical (unpaired) electrons. The Morgan fingerprint density at radius 2 is 1.94 bits per heavy atom. The molecule has 18 heavy (non-hydrogen) atoms. The lowest BCUT2D eigenvalue weighted by molar-refractivity contribution is 0.323. The lowest BCUT2D eigenvalue weighted by atomic mass is 10.2. The van der Waals surface area contributed by atoms with Crippen LogP contribution in [0.15, 0.2) is 53.3 Å². The van der Waals surface area contributed by atoms with E-state index in [0.717, 1.165) is 26.2 Å². The van der Waals surface area contributed by atoms with E-state index >= 15 is 0 Å². The van der Waals surface area contributed by atoms with Crippen LogP contribution in [0, 0.1) is 0 Å². The van der Waals surface area contributed by atoms with Crippen LogP contribution in [-0.4, -0.2) is 25.0 Å². The highest BCUT2D eigenvalue weighted by Gasteiger charge is 2.00. The molecule has 1 aromatic heterocycles. The first-order valence-electron chi connectivity index (χ1n) is 6.29. The van der Waals surface area contributed by atoms with Crippen LogP contribution < -0.4 is 5.32 Å². The quantitative estimate of drug-likeness (QED) is 0.759. The number of furan rings is 1. The van der Waals surface area contributed by atoms with Crippen molar-refractivity contribution in [1.82, 2.24) is 10.2 Å². The smallest absolute Gasteiger partial charge is 0.0947 e. The van der Waals surface area contributed by atoms with Gasteiger partial charge in [0.25, 0.3) is 0 Å². The lowest BCUT2D eigenvalue weighted by Crippen LogP contribution is -2.28. The second kappa shape index (κ2) is 6.99. The molecule has 0 atom stereocenters. The largest absolute Gasteiger partial charge is 0.472 e. The second-order valence-electron chi connectivity index (χ2n) is 4.53. The standard InChI is InChI=1S/C15H20N2O/c1-17(12-15-7-10-18-13-15)9-8-16-11-14-5-3-2-4-6-14/h2-7,10,13,16H,8-9,11-12H2,1H3. The summed E-state index contributed by atoms with van der Waals surface area (Å²) in [7, 11) is 2.12. The Bertz CT molecular complexity index is 425. The Kier molecular flexibility index (Phi) is 5.00. The van der Waals surface area contributed by atoms with Crippen LogP contribution in [0.1, 0.15) is 11.1 Å². The summed E-state index contributed by atoms with van der Waals surface area (Å²) >= 11 is 0. The molecule has 0 aliphatic heterocycles. The number of nitrogens with zero attached hydrogens (tertiary/aromatic N) is 1. The maximum Gasteiger partial charge on any atom is 0.0947 e. The summed E-state index contributed by atoms with van der Waals surface area (Å²) in [5, 5.41) is 3.45. The maximum absolute atomic E-state index is 5.06. The van der Waals surface area contributed by atoms with Gasteiger partial charge in [-0.2, -0.15) is 0 Å². The first-order chi connectivity index (χ1) is 8.84. The van der Waals surface area contributed by atoms with Crippen LogP contribution in [-0.2, 0) is 13.1 Å². The third-order valence-electron chi connectivity index (χ3n) is 2.87. The van der Waals surface area contributed by atoms with Gasteiger partial charge in [0.05, 0.1) is 12.5 Å². The van der Waals surface area contributed by atoms with E-state index in [-0.39, 0.29) is 0 Å². The molecular weight excluding hydrogens is 224 g/mol. The van der Waals surface area contributed by atoms with Crippen LogP contribution >= 0.6 is 0 Å². The molecule has 0 saturated carbocycles. The number of likely N-dealkylation sites (N-methyl/N-ethyl adjacent to an activating group) is 1. The molecular formula is C15H20N2O. The molecule has 0 aliphatic carbocycles. The molecule has 0 amide bonds. The van der Waals surface area contributed by atoms with E-state index in [2.05, 4.69) is 41.5 Å². The van der Waals surface area contributed by atoms with Crippen molar-refractivity contribution in [3.05, 3.63) is 60.1 Å². The zero-order valence-corrected chi connectivity index (χ0v) is 10.8. The average Bonchev–Trinajstić information content (AvgIpc) is 2.89. The van der Waals surface area contributed by atoms with E-state index in [1.807, 2.05) is 12.1 Å². The van der Waals surface area contributed by atoms with Gasteiger partial charge in [-0.15, -0.1) is 0 Å². The fourth-order valence-electron chi connectivity index (χ4n) is 1.87. The molecule has 0 bridgehead atoms. The highest BCUT2D eigenvalue weighted by Crippen LogP contribution is 2.03. The van der Waals surface area contributed by atoms with Gasteiger partial charge >= 0.3 is 0 Å². The van der Waals surface area contributed by atoms with E-state index in [4.69, 9.17) is 4.42 Å². The molecule has 1 aromatic carbocycles. The van der Waals surface area contributed by atoms with Crippen LogP contribution in [0.2, 0.25) is 0 Å². The Morgan fingerprint density at radius 1 is 1.11 bits per heavy atom. The summed E-state index contributed by atoms with van der Waals surface area (Å²) < 4.78 is 5.06. The zero-order chi connectivity index (χ0) is 12.6. The van der Waals surface area contributed by atoms with Crippen LogP contribution in [0.25, 0.3) is 0 Å². The maximum atomic E-state index is 5.06. The number of rotatable bonds is 7. The summed E-state index contributed by atoms with van der Waals surface area (Å²) in [6.07, 6.45) is 3.52. The van der Waals surface area contributed by atoms with Gasteiger partial charge in [0.2, 0.25) is 0 Å². The average molecular weight is 244 g/mol. The monoisotopic (exact) mass is 244 g/mol. The van der Waals surface area contributed by atoms with Gasteiger partial charge in [0.15, 0.2) is 0 Å². The van der Waals surface area contributed by atoms with Crippen molar-refractivity contribution in [3.63, 3.8) is 0 Å². The van der Waals surface area contributed by atoms with Gasteiger partial charge < -0.3 is 14.6 Å². The van der Waals surface area contributed by atoms with Crippen molar-refractivity contribution in [2.24, 2.45) is 0 Å². The summed E-state index contributed by atoms with van der Waals surface area (Å²) in [4.78, 5) is 2.28. The SMILES string of the molecule is CN(CCNCc1ccccc1)Cc1ccoc1. The van der Waals surface area contributed by atoms with Crippen molar-refractivity contribution in [2.45, 2.75) is 13.1 Å². The molecule has 0 unspecified atom stereocenters. The minimum atomic E-state index is 0.931. The normalized spacial score (nSPS) is 11.0. The highest BCUT2D eigenvalue weighted by atomic mass is 16.3. The number of benzene rings is 1. The van der Waals surface area contributed by atoms with Gasteiger partial charge in [-0.1, -0.05) is 30.3 Å². The molecule has 0 fully saturated rings. The molecule has 2 aromatic rings. The molecule has 0 spiro atoms. The molecule has 0 aliphatic rings. The van der Waals surface area contributed by atoms with Crippen molar-refractivity contribution >= 4 is 0 Å². The Hall–Kier alpha value is -1.58. The Labute approximate surface area is 108 Å². The Morgan fingerprint density at radius 3 is 2.67 bits per heavy atom. The minimum absolute atomic E-state index is 0.931. The Balaban J connectivity index is 1.60. The molecule has 3 nitrogen and oxygen atoms in total.